The van der Waals surface area contributed by atoms with Crippen molar-refractivity contribution in [3.63, 3.8) is 0 Å². The van der Waals surface area contributed by atoms with Crippen LogP contribution < -0.4 is 5.32 Å². The number of rotatable bonds is 4. The lowest BCUT2D eigenvalue weighted by molar-refractivity contribution is -0.120. The normalized spacial score (nSPS) is 16.7. The van der Waals surface area contributed by atoms with E-state index in [2.05, 4.69) is 21.2 Å². The van der Waals surface area contributed by atoms with Crippen LogP contribution in [0.25, 0.3) is 0 Å². The fourth-order valence-corrected chi connectivity index (χ4v) is 6.33. The van der Waals surface area contributed by atoms with Crippen molar-refractivity contribution in [1.82, 2.24) is 4.31 Å². The molecule has 0 atom stereocenters. The topological polar surface area (TPSA) is 66.5 Å². The molecule has 3 rings (SSSR count). The van der Waals surface area contributed by atoms with Gasteiger partial charge in [-0.25, -0.2) is 12.8 Å². The smallest absolute Gasteiger partial charge is 0.252 e. The molecular weight excluding hydrogens is 431 g/mol. The highest BCUT2D eigenvalue weighted by Crippen LogP contribution is 2.31. The van der Waals surface area contributed by atoms with Crippen molar-refractivity contribution < 1.29 is 17.6 Å². The van der Waals surface area contributed by atoms with Crippen molar-refractivity contribution >= 4 is 48.9 Å². The number of sulfonamides is 1. The van der Waals surface area contributed by atoms with Crippen LogP contribution in [0, 0.1) is 11.7 Å². The number of hydrogen-bond donors (Lipinski definition) is 1. The fraction of sp³-hybridized carbons (Fsp3) is 0.312. The summed E-state index contributed by atoms with van der Waals surface area (Å²) < 4.78 is 40.5. The van der Waals surface area contributed by atoms with Gasteiger partial charge in [-0.2, -0.15) is 4.31 Å². The monoisotopic (exact) mass is 446 g/mol. The summed E-state index contributed by atoms with van der Waals surface area (Å²) in [7, 11) is -3.51. The Labute approximate surface area is 158 Å². The lowest BCUT2D eigenvalue weighted by Gasteiger charge is -2.30. The van der Waals surface area contributed by atoms with E-state index in [1.807, 2.05) is 0 Å². The van der Waals surface area contributed by atoms with Gasteiger partial charge in [-0.15, -0.1) is 11.3 Å². The van der Waals surface area contributed by atoms with E-state index < -0.39 is 10.0 Å². The summed E-state index contributed by atoms with van der Waals surface area (Å²) in [6, 6.07) is 8.86. The predicted octanol–water partition coefficient (Wildman–Crippen LogP) is 3.69. The largest absolute Gasteiger partial charge is 0.326 e. The van der Waals surface area contributed by atoms with Gasteiger partial charge in [-0.3, -0.25) is 4.79 Å². The van der Waals surface area contributed by atoms with Crippen molar-refractivity contribution in [3.05, 3.63) is 46.0 Å². The number of hydrogen-bond acceptors (Lipinski definition) is 4. The maximum absolute atomic E-state index is 12.9. The Balaban J connectivity index is 1.59. The minimum absolute atomic E-state index is 0.164. The van der Waals surface area contributed by atoms with Crippen molar-refractivity contribution in [3.8, 4) is 0 Å². The Bertz CT molecular complexity index is 860. The molecule has 1 fully saturated rings. The molecule has 9 heteroatoms. The molecule has 1 aromatic carbocycles. The van der Waals surface area contributed by atoms with E-state index in [0.29, 0.717) is 35.8 Å². The number of carbonyl (C=O) groups is 1. The van der Waals surface area contributed by atoms with Gasteiger partial charge in [0.2, 0.25) is 5.91 Å². The van der Waals surface area contributed by atoms with Crippen LogP contribution >= 0.6 is 27.3 Å². The maximum atomic E-state index is 12.9. The number of thiophene rings is 1. The Morgan fingerprint density at radius 2 is 1.80 bits per heavy atom. The lowest BCUT2D eigenvalue weighted by Crippen LogP contribution is -2.41. The van der Waals surface area contributed by atoms with Crippen LogP contribution in [0.3, 0.4) is 0 Å². The van der Waals surface area contributed by atoms with Gasteiger partial charge in [0, 0.05) is 24.7 Å². The van der Waals surface area contributed by atoms with E-state index in [9.17, 15) is 17.6 Å². The van der Waals surface area contributed by atoms with E-state index in [-0.39, 0.29) is 17.6 Å². The first-order valence-electron chi connectivity index (χ1n) is 7.68. The number of halogens is 2. The summed E-state index contributed by atoms with van der Waals surface area (Å²) in [4.78, 5) is 12.3. The number of benzene rings is 1. The van der Waals surface area contributed by atoms with Gasteiger partial charge in [-0.1, -0.05) is 0 Å². The molecule has 1 aliphatic heterocycles. The van der Waals surface area contributed by atoms with E-state index in [1.54, 1.807) is 12.1 Å². The first kappa shape index (κ1) is 18.5. The molecule has 2 aromatic rings. The molecule has 0 unspecified atom stereocenters. The molecule has 25 heavy (non-hydrogen) atoms. The zero-order valence-electron chi connectivity index (χ0n) is 13.1. The minimum Gasteiger partial charge on any atom is -0.326 e. The highest BCUT2D eigenvalue weighted by atomic mass is 79.9. The quantitative estimate of drug-likeness (QED) is 0.778. The molecule has 1 aromatic heterocycles. The van der Waals surface area contributed by atoms with Gasteiger partial charge in [0.25, 0.3) is 10.0 Å². The highest BCUT2D eigenvalue weighted by Gasteiger charge is 2.32. The standard InChI is InChI=1S/C16H16BrFN2O3S2/c17-14-5-6-15(24-14)25(22,23)20-9-7-11(8-10-20)16(21)19-13-3-1-12(18)2-4-13/h1-6,11H,7-10H2,(H,19,21). The van der Waals surface area contributed by atoms with E-state index >= 15 is 0 Å². The SMILES string of the molecule is O=C(Nc1ccc(F)cc1)C1CCN(S(=O)(=O)c2ccc(Br)s2)CC1. The van der Waals surface area contributed by atoms with Gasteiger partial charge in [0.15, 0.2) is 0 Å². The second-order valence-electron chi connectivity index (χ2n) is 5.73. The molecule has 1 saturated heterocycles. The van der Waals surface area contributed by atoms with Gasteiger partial charge in [0.1, 0.15) is 10.0 Å². The third-order valence-electron chi connectivity index (χ3n) is 4.08. The van der Waals surface area contributed by atoms with Crippen LogP contribution in [-0.4, -0.2) is 31.7 Å². The molecule has 0 radical (unpaired) electrons. The predicted molar refractivity (Wildman–Crippen MR) is 98.5 cm³/mol. The Kier molecular flexibility index (Phi) is 5.57. The van der Waals surface area contributed by atoms with Crippen LogP contribution in [0.4, 0.5) is 10.1 Å². The summed E-state index contributed by atoms with van der Waals surface area (Å²) in [5, 5.41) is 2.75. The van der Waals surface area contributed by atoms with E-state index in [0.717, 1.165) is 3.79 Å². The van der Waals surface area contributed by atoms with Crippen molar-refractivity contribution in [2.45, 2.75) is 17.1 Å². The number of nitrogens with one attached hydrogen (secondary N) is 1. The fourth-order valence-electron chi connectivity index (χ4n) is 2.70. The first-order valence-corrected chi connectivity index (χ1v) is 10.7. The molecule has 0 aliphatic carbocycles. The Morgan fingerprint density at radius 3 is 2.36 bits per heavy atom. The molecule has 1 aliphatic rings. The average molecular weight is 447 g/mol. The lowest BCUT2D eigenvalue weighted by atomic mass is 9.97. The van der Waals surface area contributed by atoms with Crippen LogP contribution in [0.15, 0.2) is 44.4 Å². The summed E-state index contributed by atoms with van der Waals surface area (Å²) in [5.74, 6) is -0.786. The third-order valence-corrected chi connectivity index (χ3v) is 8.07. The molecule has 1 N–H and O–H groups in total. The molecule has 0 bridgehead atoms. The van der Waals surface area contributed by atoms with Crippen LogP contribution in [0.5, 0.6) is 0 Å². The van der Waals surface area contributed by atoms with E-state index in [1.165, 1.54) is 39.9 Å². The molecule has 5 nitrogen and oxygen atoms in total. The van der Waals surface area contributed by atoms with Crippen molar-refractivity contribution in [2.24, 2.45) is 5.92 Å². The number of amides is 1. The van der Waals surface area contributed by atoms with Crippen molar-refractivity contribution in [1.29, 1.82) is 0 Å². The van der Waals surface area contributed by atoms with Gasteiger partial charge in [-0.05, 0) is 65.2 Å². The van der Waals surface area contributed by atoms with E-state index in [4.69, 9.17) is 0 Å². The molecule has 0 spiro atoms. The molecule has 134 valence electrons. The summed E-state index contributed by atoms with van der Waals surface area (Å²) >= 11 is 4.45. The number of nitrogens with zero attached hydrogens (tertiary/aromatic N) is 1. The molecular formula is C16H16BrFN2O3S2. The molecule has 0 saturated carbocycles. The highest BCUT2D eigenvalue weighted by molar-refractivity contribution is 9.11. The number of carbonyl (C=O) groups excluding carboxylic acids is 1. The van der Waals surface area contributed by atoms with Gasteiger partial charge < -0.3 is 5.32 Å². The third kappa shape index (κ3) is 4.28. The van der Waals surface area contributed by atoms with Crippen LogP contribution in [0.1, 0.15) is 12.8 Å². The summed E-state index contributed by atoms with van der Waals surface area (Å²) in [6.45, 7) is 0.610. The maximum Gasteiger partial charge on any atom is 0.252 e. The summed E-state index contributed by atoms with van der Waals surface area (Å²) in [6.07, 6.45) is 0.914. The van der Waals surface area contributed by atoms with Gasteiger partial charge >= 0.3 is 0 Å². The second-order valence-corrected chi connectivity index (χ2v) is 10.4. The first-order chi connectivity index (χ1) is 11.9. The summed E-state index contributed by atoms with van der Waals surface area (Å²) in [5.41, 5.74) is 0.532. The second kappa shape index (κ2) is 7.53. The van der Waals surface area contributed by atoms with Crippen LogP contribution in [0.2, 0.25) is 0 Å². The Hall–Kier alpha value is -1.29. The molecule has 1 amide bonds. The molecule has 2 heterocycles. The van der Waals surface area contributed by atoms with Crippen molar-refractivity contribution in [2.75, 3.05) is 18.4 Å². The average Bonchev–Trinajstić information content (AvgIpc) is 3.04. The number of piperidine rings is 1. The minimum atomic E-state index is -3.51. The van der Waals surface area contributed by atoms with Crippen LogP contribution in [-0.2, 0) is 14.8 Å². The zero-order valence-corrected chi connectivity index (χ0v) is 16.3. The zero-order chi connectivity index (χ0) is 18.0. The Morgan fingerprint density at radius 1 is 1.16 bits per heavy atom. The van der Waals surface area contributed by atoms with Gasteiger partial charge in [0.05, 0.1) is 3.79 Å². The number of anilines is 1.